The van der Waals surface area contributed by atoms with Crippen LogP contribution in [0.15, 0.2) is 24.3 Å². The number of aromatic nitrogens is 2. The quantitative estimate of drug-likeness (QED) is 0.836. The number of fused-ring (bicyclic) bond motifs is 1. The summed E-state index contributed by atoms with van der Waals surface area (Å²) < 4.78 is 0.706. The zero-order chi connectivity index (χ0) is 13.2. The van der Waals surface area contributed by atoms with Gasteiger partial charge in [-0.15, -0.1) is 0 Å². The van der Waals surface area contributed by atoms with Crippen LogP contribution in [0.3, 0.4) is 0 Å². The SMILES string of the molecule is S=c1nc(Cc2cccc(Cl)c2)[nH]c2c1CNCC2. The van der Waals surface area contributed by atoms with Gasteiger partial charge in [0.2, 0.25) is 0 Å². The van der Waals surface area contributed by atoms with E-state index in [0.717, 1.165) is 47.9 Å². The van der Waals surface area contributed by atoms with Crippen molar-refractivity contribution in [1.29, 1.82) is 0 Å². The van der Waals surface area contributed by atoms with Crippen LogP contribution in [-0.4, -0.2) is 16.5 Å². The molecule has 0 spiro atoms. The lowest BCUT2D eigenvalue weighted by atomic mass is 10.1. The molecule has 0 bridgehead atoms. The molecular formula is C14H14ClN3S. The van der Waals surface area contributed by atoms with Crippen LogP contribution in [0.1, 0.15) is 22.6 Å². The van der Waals surface area contributed by atoms with Gasteiger partial charge in [0.1, 0.15) is 10.5 Å². The van der Waals surface area contributed by atoms with Crippen molar-refractivity contribution in [2.24, 2.45) is 0 Å². The molecular weight excluding hydrogens is 278 g/mol. The van der Waals surface area contributed by atoms with Crippen LogP contribution in [0, 0.1) is 4.64 Å². The van der Waals surface area contributed by atoms with Crippen molar-refractivity contribution in [3.05, 3.63) is 56.6 Å². The van der Waals surface area contributed by atoms with Gasteiger partial charge in [-0.1, -0.05) is 36.0 Å². The summed E-state index contributed by atoms with van der Waals surface area (Å²) in [4.78, 5) is 7.90. The summed E-state index contributed by atoms with van der Waals surface area (Å²) in [5.74, 6) is 0.910. The minimum atomic E-state index is 0.706. The summed E-state index contributed by atoms with van der Waals surface area (Å²) in [6.07, 6.45) is 1.70. The van der Waals surface area contributed by atoms with Crippen molar-refractivity contribution in [3.63, 3.8) is 0 Å². The topological polar surface area (TPSA) is 40.7 Å². The molecule has 0 amide bonds. The summed E-state index contributed by atoms with van der Waals surface area (Å²) in [5.41, 5.74) is 3.49. The zero-order valence-corrected chi connectivity index (χ0v) is 11.9. The summed E-state index contributed by atoms with van der Waals surface area (Å²) in [5, 5.41) is 4.06. The number of H-pyrrole nitrogens is 1. The smallest absolute Gasteiger partial charge is 0.134 e. The van der Waals surface area contributed by atoms with Gasteiger partial charge in [-0.25, -0.2) is 4.98 Å². The van der Waals surface area contributed by atoms with Gasteiger partial charge in [-0.05, 0) is 17.7 Å². The lowest BCUT2D eigenvalue weighted by Gasteiger charge is -2.17. The number of hydrogen-bond donors (Lipinski definition) is 2. The maximum Gasteiger partial charge on any atom is 0.134 e. The number of benzene rings is 1. The highest BCUT2D eigenvalue weighted by Crippen LogP contribution is 2.16. The normalized spacial score (nSPS) is 14.2. The molecule has 1 aliphatic heterocycles. The van der Waals surface area contributed by atoms with E-state index in [1.807, 2.05) is 24.3 Å². The van der Waals surface area contributed by atoms with Crippen molar-refractivity contribution in [2.75, 3.05) is 6.54 Å². The Labute approximate surface area is 122 Å². The van der Waals surface area contributed by atoms with Crippen molar-refractivity contribution in [1.82, 2.24) is 15.3 Å². The van der Waals surface area contributed by atoms with Crippen LogP contribution >= 0.6 is 23.8 Å². The summed E-state index contributed by atoms with van der Waals surface area (Å²) in [7, 11) is 0. The van der Waals surface area contributed by atoms with E-state index in [1.54, 1.807) is 0 Å². The van der Waals surface area contributed by atoms with Gasteiger partial charge >= 0.3 is 0 Å². The number of hydrogen-bond acceptors (Lipinski definition) is 3. The molecule has 0 radical (unpaired) electrons. The van der Waals surface area contributed by atoms with Gasteiger partial charge in [0.25, 0.3) is 0 Å². The molecule has 1 aromatic carbocycles. The molecule has 5 heteroatoms. The highest BCUT2D eigenvalue weighted by molar-refractivity contribution is 7.71. The second-order valence-corrected chi connectivity index (χ2v) is 5.50. The van der Waals surface area contributed by atoms with Crippen molar-refractivity contribution >= 4 is 23.8 Å². The maximum absolute atomic E-state index is 6.00. The number of nitrogens with zero attached hydrogens (tertiary/aromatic N) is 1. The Balaban J connectivity index is 1.94. The molecule has 2 aromatic rings. The Morgan fingerprint density at radius 3 is 3.11 bits per heavy atom. The monoisotopic (exact) mass is 291 g/mol. The molecule has 3 nitrogen and oxygen atoms in total. The fraction of sp³-hybridized carbons (Fsp3) is 0.286. The van der Waals surface area contributed by atoms with E-state index in [2.05, 4.69) is 15.3 Å². The third-order valence-electron chi connectivity index (χ3n) is 3.27. The molecule has 98 valence electrons. The minimum Gasteiger partial charge on any atom is -0.346 e. The first kappa shape index (κ1) is 12.8. The van der Waals surface area contributed by atoms with Crippen LogP contribution in [0.5, 0.6) is 0 Å². The average Bonchev–Trinajstić information content (AvgIpc) is 2.39. The molecule has 0 saturated carbocycles. The molecule has 1 aromatic heterocycles. The Bertz CT molecular complexity index is 666. The minimum absolute atomic E-state index is 0.706. The zero-order valence-electron chi connectivity index (χ0n) is 10.4. The van der Waals surface area contributed by atoms with Gasteiger partial charge in [0, 0.05) is 42.2 Å². The molecule has 0 fully saturated rings. The van der Waals surface area contributed by atoms with Crippen LogP contribution in [0.4, 0.5) is 0 Å². The van der Waals surface area contributed by atoms with Crippen LogP contribution in [0.25, 0.3) is 0 Å². The highest BCUT2D eigenvalue weighted by Gasteiger charge is 2.12. The molecule has 3 rings (SSSR count). The standard InChI is InChI=1S/C14H14ClN3S/c15-10-3-1-2-9(6-10)7-13-17-12-4-5-16-8-11(12)14(19)18-13/h1-3,6,16H,4-5,7-8H2,(H,17,18,19). The van der Waals surface area contributed by atoms with Crippen molar-refractivity contribution < 1.29 is 0 Å². The van der Waals surface area contributed by atoms with Crippen LogP contribution in [-0.2, 0) is 19.4 Å². The number of rotatable bonds is 2. The van der Waals surface area contributed by atoms with E-state index in [-0.39, 0.29) is 0 Å². The highest BCUT2D eigenvalue weighted by atomic mass is 35.5. The predicted molar refractivity (Wildman–Crippen MR) is 79.1 cm³/mol. The van der Waals surface area contributed by atoms with E-state index in [4.69, 9.17) is 23.8 Å². The third kappa shape index (κ3) is 2.86. The van der Waals surface area contributed by atoms with Crippen LogP contribution < -0.4 is 5.32 Å². The number of halogens is 1. The Hall–Kier alpha value is -1.23. The van der Waals surface area contributed by atoms with E-state index in [0.29, 0.717) is 4.64 Å². The number of nitrogens with one attached hydrogen (secondary N) is 2. The molecule has 0 aliphatic carbocycles. The average molecular weight is 292 g/mol. The molecule has 2 heterocycles. The molecule has 1 aliphatic rings. The summed E-state index contributed by atoms with van der Waals surface area (Å²) in [6, 6.07) is 7.83. The second kappa shape index (κ2) is 5.41. The third-order valence-corrected chi connectivity index (χ3v) is 3.84. The lowest BCUT2D eigenvalue weighted by Crippen LogP contribution is -2.26. The predicted octanol–water partition coefficient (Wildman–Crippen LogP) is 3.03. The number of aromatic amines is 1. The first-order chi connectivity index (χ1) is 9.22. The summed E-state index contributed by atoms with van der Waals surface area (Å²) >= 11 is 11.4. The fourth-order valence-corrected chi connectivity index (χ4v) is 2.86. The molecule has 19 heavy (non-hydrogen) atoms. The fourth-order valence-electron chi connectivity index (χ4n) is 2.34. The maximum atomic E-state index is 6.00. The Morgan fingerprint density at radius 2 is 2.26 bits per heavy atom. The van der Waals surface area contributed by atoms with E-state index in [9.17, 15) is 0 Å². The molecule has 0 atom stereocenters. The first-order valence-electron chi connectivity index (χ1n) is 6.28. The van der Waals surface area contributed by atoms with Gasteiger partial charge in [-0.2, -0.15) is 0 Å². The van der Waals surface area contributed by atoms with E-state index >= 15 is 0 Å². The van der Waals surface area contributed by atoms with Gasteiger partial charge in [-0.3, -0.25) is 0 Å². The second-order valence-electron chi connectivity index (χ2n) is 4.68. The van der Waals surface area contributed by atoms with Gasteiger partial charge in [0.15, 0.2) is 0 Å². The van der Waals surface area contributed by atoms with E-state index in [1.165, 1.54) is 5.69 Å². The first-order valence-corrected chi connectivity index (χ1v) is 7.07. The van der Waals surface area contributed by atoms with Crippen molar-refractivity contribution in [3.8, 4) is 0 Å². The lowest BCUT2D eigenvalue weighted by molar-refractivity contribution is 0.619. The Morgan fingerprint density at radius 1 is 1.37 bits per heavy atom. The Kier molecular flexibility index (Phi) is 3.64. The van der Waals surface area contributed by atoms with Gasteiger partial charge in [0.05, 0.1) is 0 Å². The molecule has 0 saturated heterocycles. The molecule has 2 N–H and O–H groups in total. The largest absolute Gasteiger partial charge is 0.346 e. The van der Waals surface area contributed by atoms with Crippen molar-refractivity contribution in [2.45, 2.75) is 19.4 Å². The van der Waals surface area contributed by atoms with Crippen LogP contribution in [0.2, 0.25) is 5.02 Å². The summed E-state index contributed by atoms with van der Waals surface area (Å²) in [6.45, 7) is 1.80. The molecule has 0 unspecified atom stereocenters. The van der Waals surface area contributed by atoms with E-state index < -0.39 is 0 Å². The van der Waals surface area contributed by atoms with Gasteiger partial charge < -0.3 is 10.3 Å².